The van der Waals surface area contributed by atoms with E-state index in [1.807, 2.05) is 18.3 Å². The van der Waals surface area contributed by atoms with Crippen molar-refractivity contribution < 1.29 is 25.8 Å². The van der Waals surface area contributed by atoms with Gasteiger partial charge in [0.25, 0.3) is 0 Å². The molecular weight excluding hydrogens is 1080 g/mol. The molecule has 5 nitrogen and oxygen atoms in total. The van der Waals surface area contributed by atoms with Gasteiger partial charge >= 0.3 is 0 Å². The number of benzene rings is 7. The number of hydrogen-bond acceptors (Lipinski definition) is 4. The second-order valence-electron chi connectivity index (χ2n) is 25.7. The number of anilines is 4. The summed E-state index contributed by atoms with van der Waals surface area (Å²) in [5.74, 6) is 1.21. The zero-order valence-corrected chi connectivity index (χ0v) is 48.7. The van der Waals surface area contributed by atoms with Crippen LogP contribution >= 0.6 is 0 Å². The van der Waals surface area contributed by atoms with Crippen LogP contribution in [0.25, 0.3) is 39.1 Å². The minimum Gasteiger partial charge on any atom is -0.509 e. The second kappa shape index (κ2) is 18.6. The van der Waals surface area contributed by atoms with Crippen molar-refractivity contribution >= 4 is 22.7 Å². The summed E-state index contributed by atoms with van der Waals surface area (Å²) in [5.41, 5.74) is 19.1. The number of para-hydroxylation sites is 3. The molecule has 0 amide bonds. The topological polar surface area (TPSA) is 33.5 Å². The first kappa shape index (κ1) is 52.7. The molecule has 2 aliphatic rings. The van der Waals surface area contributed by atoms with Crippen LogP contribution < -0.4 is 14.5 Å². The molecule has 0 fully saturated rings. The third kappa shape index (κ3) is 9.37. The van der Waals surface area contributed by atoms with Crippen molar-refractivity contribution in [3.05, 3.63) is 198 Å². The van der Waals surface area contributed by atoms with Crippen LogP contribution in [0, 0.1) is 18.8 Å². The van der Waals surface area contributed by atoms with Gasteiger partial charge in [-0.3, -0.25) is 4.68 Å². The Hall–Kier alpha value is -6.16. The summed E-state index contributed by atoms with van der Waals surface area (Å²) in [5, 5.41) is 5.02. The normalized spacial score (nSPS) is 15.0. The van der Waals surface area contributed by atoms with E-state index in [1.165, 1.54) is 55.8 Å². The first-order chi connectivity index (χ1) is 34.2. The smallest absolute Gasteiger partial charge is 0.0575 e. The van der Waals surface area contributed by atoms with Gasteiger partial charge in [-0.05, 0) is 83.8 Å². The summed E-state index contributed by atoms with van der Waals surface area (Å²) < 4.78 is 8.86. The van der Waals surface area contributed by atoms with Gasteiger partial charge < -0.3 is 14.5 Å². The van der Waals surface area contributed by atoms with E-state index in [2.05, 4.69) is 271 Å². The molecule has 3 heterocycles. The van der Waals surface area contributed by atoms with Crippen molar-refractivity contribution in [2.24, 2.45) is 0 Å². The molecule has 384 valence electrons. The Morgan fingerprint density at radius 2 is 0.959 bits per heavy atom. The minimum atomic E-state index is -0.227. The van der Waals surface area contributed by atoms with Crippen LogP contribution in [0.1, 0.15) is 144 Å². The molecule has 2 aliphatic heterocycles. The van der Waals surface area contributed by atoms with Gasteiger partial charge in [0.2, 0.25) is 0 Å². The van der Waals surface area contributed by atoms with Gasteiger partial charge in [0, 0.05) is 71.7 Å². The first-order valence-corrected chi connectivity index (χ1v) is 26.1. The third-order valence-electron chi connectivity index (χ3n) is 15.9. The van der Waals surface area contributed by atoms with Crippen LogP contribution in [0.3, 0.4) is 0 Å². The summed E-state index contributed by atoms with van der Waals surface area (Å²) in [7, 11) is 0. The molecule has 8 aromatic rings. The molecule has 1 aromatic heterocycles. The van der Waals surface area contributed by atoms with Crippen molar-refractivity contribution in [1.29, 1.82) is 0 Å². The molecular formula is C68H73N4OPt-3. The van der Waals surface area contributed by atoms with Gasteiger partial charge in [-0.15, -0.1) is 48.3 Å². The van der Waals surface area contributed by atoms with Crippen LogP contribution in [0.2, 0.25) is 0 Å². The molecule has 0 saturated heterocycles. The Labute approximate surface area is 457 Å². The molecule has 74 heavy (non-hydrogen) atoms. The van der Waals surface area contributed by atoms with Crippen molar-refractivity contribution in [2.75, 3.05) is 9.80 Å². The van der Waals surface area contributed by atoms with Crippen molar-refractivity contribution in [3.63, 3.8) is 0 Å². The molecule has 10 rings (SSSR count). The average molecular weight is 1160 g/mol. The number of aromatic nitrogens is 2. The van der Waals surface area contributed by atoms with Gasteiger partial charge in [-0.1, -0.05) is 208 Å². The van der Waals surface area contributed by atoms with E-state index >= 15 is 0 Å². The molecule has 0 bridgehead atoms. The maximum Gasteiger partial charge on any atom is 0.0575 e. The van der Waals surface area contributed by atoms with Gasteiger partial charge in [0.05, 0.1) is 11.9 Å². The summed E-state index contributed by atoms with van der Waals surface area (Å²) in [4.78, 5) is 4.66. The molecule has 6 heteroatoms. The molecule has 0 radical (unpaired) electrons. The molecule has 0 atom stereocenters. The van der Waals surface area contributed by atoms with Gasteiger partial charge in [-0.25, -0.2) is 0 Å². The maximum atomic E-state index is 6.77. The third-order valence-corrected chi connectivity index (χ3v) is 15.9. The number of rotatable bonds is 7. The van der Waals surface area contributed by atoms with E-state index < -0.39 is 0 Å². The van der Waals surface area contributed by atoms with Crippen molar-refractivity contribution in [2.45, 2.75) is 143 Å². The van der Waals surface area contributed by atoms with Crippen LogP contribution in [-0.4, -0.2) is 9.78 Å². The van der Waals surface area contributed by atoms with E-state index in [9.17, 15) is 0 Å². The second-order valence-corrected chi connectivity index (χ2v) is 25.7. The number of fused-ring (bicyclic) bond motifs is 4. The molecule has 0 aliphatic carbocycles. The largest absolute Gasteiger partial charge is 0.509 e. The Morgan fingerprint density at radius 1 is 0.473 bits per heavy atom. The van der Waals surface area contributed by atoms with E-state index in [0.717, 1.165) is 39.6 Å². The number of nitrogens with zero attached hydrogens (tertiary/aromatic N) is 4. The fourth-order valence-corrected chi connectivity index (χ4v) is 10.6. The summed E-state index contributed by atoms with van der Waals surface area (Å²) in [6.07, 6.45) is 2.00. The monoisotopic (exact) mass is 1160 g/mol. The van der Waals surface area contributed by atoms with Crippen molar-refractivity contribution in [3.8, 4) is 50.6 Å². The van der Waals surface area contributed by atoms with Crippen LogP contribution in [0.4, 0.5) is 22.7 Å². The SMILES string of the molecule is CC(C)(C)c1cc(-c2cccc(-c3cc(C(C)(C)C)cc(C(C)(C)C)c3)c2N2[CH-]N(c3[c-]c(Oc4[c-]c5c(cc4)C(C)(C)C(C)(C)c4c(-c6ccccc6)cnn4-5)ccc3)c3ccccc32)cc(C(C)(C)C)c1.[Pt]. The molecule has 7 aromatic carbocycles. The van der Waals surface area contributed by atoms with Crippen molar-refractivity contribution in [1.82, 2.24) is 9.78 Å². The van der Waals surface area contributed by atoms with E-state index in [-0.39, 0.29) is 53.6 Å². The van der Waals surface area contributed by atoms with E-state index in [1.54, 1.807) is 0 Å². The van der Waals surface area contributed by atoms with E-state index in [4.69, 9.17) is 9.84 Å². The molecule has 0 N–H and O–H groups in total. The first-order valence-electron chi connectivity index (χ1n) is 26.1. The van der Waals surface area contributed by atoms with Gasteiger partial charge in [0.15, 0.2) is 0 Å². The summed E-state index contributed by atoms with van der Waals surface area (Å²) in [6.45, 7) is 39.4. The molecule has 0 spiro atoms. The predicted octanol–water partition coefficient (Wildman–Crippen LogP) is 18.4. The zero-order valence-electron chi connectivity index (χ0n) is 46.4. The van der Waals surface area contributed by atoms with E-state index in [0.29, 0.717) is 11.5 Å². The molecule has 0 unspecified atom stereocenters. The van der Waals surface area contributed by atoms with Gasteiger partial charge in [-0.2, -0.15) is 17.2 Å². The minimum absolute atomic E-state index is 0. The summed E-state index contributed by atoms with van der Waals surface area (Å²) in [6, 6.07) is 58.5. The van der Waals surface area contributed by atoms with Gasteiger partial charge in [0.1, 0.15) is 0 Å². The van der Waals surface area contributed by atoms with Crippen LogP contribution in [-0.2, 0) is 53.6 Å². The average Bonchev–Trinajstić information content (AvgIpc) is 3.96. The Morgan fingerprint density at radius 3 is 1.49 bits per heavy atom. The number of hydrogen-bond donors (Lipinski definition) is 0. The Kier molecular flexibility index (Phi) is 13.2. The van der Waals surface area contributed by atoms with Crippen LogP contribution in [0.15, 0.2) is 146 Å². The predicted molar refractivity (Wildman–Crippen MR) is 306 cm³/mol. The maximum absolute atomic E-state index is 6.77. The summed E-state index contributed by atoms with van der Waals surface area (Å²) >= 11 is 0. The fraction of sp³-hybridized carbons (Fsp3) is 0.324. The quantitative estimate of drug-likeness (QED) is 0.149. The molecule has 0 saturated carbocycles. The Bertz CT molecular complexity index is 3250. The Balaban J connectivity index is 0.00000672. The standard InChI is InChI=1S/C68H73N4O.Pt/c1-63(2,3)47-34-45(35-48(38-47)64(4,5)6)54-28-23-29-55(46-36-49(65(7,8)9)39-50(37-46)66(10,11)12)61(54)71-43-70(58-30-20-21-31-59(58)71)51-26-22-27-52(40-51)73-53-32-33-57-60(41-53)72-62(68(15,16)67(57,13)14)56(42-69-72)44-24-18-17-19-25-44;/h17-39,42-43H,1-16H3;/q-3;. The fourth-order valence-electron chi connectivity index (χ4n) is 10.6. The zero-order chi connectivity index (χ0) is 52.2. The van der Waals surface area contributed by atoms with Crippen LogP contribution in [0.5, 0.6) is 11.5 Å². The number of ether oxygens (including phenoxy) is 1.